The average Bonchev–Trinajstić information content (AvgIpc) is 2.79. The Bertz CT molecular complexity index is 789. The molecule has 1 amide bonds. The molecule has 2 heterocycles. The van der Waals surface area contributed by atoms with Crippen molar-refractivity contribution in [3.63, 3.8) is 0 Å². The summed E-state index contributed by atoms with van der Waals surface area (Å²) >= 11 is 1.16. The van der Waals surface area contributed by atoms with Crippen LogP contribution in [0.25, 0.3) is 11.2 Å². The Morgan fingerprint density at radius 1 is 1.43 bits per heavy atom. The van der Waals surface area contributed by atoms with Crippen molar-refractivity contribution in [3.8, 4) is 0 Å². The fourth-order valence-electron chi connectivity index (χ4n) is 1.98. The molecular weight excluding hydrogens is 294 g/mol. The summed E-state index contributed by atoms with van der Waals surface area (Å²) in [4.78, 5) is 41.2. The number of aromatic nitrogens is 4. The molecule has 8 nitrogen and oxygen atoms in total. The van der Waals surface area contributed by atoms with Crippen LogP contribution in [0, 0.1) is 0 Å². The molecule has 21 heavy (non-hydrogen) atoms. The lowest BCUT2D eigenvalue weighted by Crippen LogP contribution is -2.29. The first-order valence-electron chi connectivity index (χ1n) is 6.56. The molecule has 0 fully saturated rings. The number of rotatable bonds is 6. The van der Waals surface area contributed by atoms with Crippen molar-refractivity contribution in [2.24, 2.45) is 12.8 Å². The first kappa shape index (κ1) is 15.4. The van der Waals surface area contributed by atoms with Gasteiger partial charge in [-0.05, 0) is 6.42 Å². The molecule has 0 spiro atoms. The molecule has 2 aromatic rings. The van der Waals surface area contributed by atoms with Crippen LogP contribution in [-0.4, -0.2) is 30.8 Å². The summed E-state index contributed by atoms with van der Waals surface area (Å²) in [5.41, 5.74) is 4.82. The lowest BCUT2D eigenvalue weighted by molar-refractivity contribution is -0.115. The molecule has 2 aromatic heterocycles. The predicted molar refractivity (Wildman–Crippen MR) is 80.4 cm³/mol. The Morgan fingerprint density at radius 2 is 2.14 bits per heavy atom. The fraction of sp³-hybridized carbons (Fsp3) is 0.500. The van der Waals surface area contributed by atoms with Gasteiger partial charge in [0, 0.05) is 13.6 Å². The zero-order valence-corrected chi connectivity index (χ0v) is 12.7. The van der Waals surface area contributed by atoms with E-state index in [0.29, 0.717) is 22.9 Å². The van der Waals surface area contributed by atoms with Crippen molar-refractivity contribution >= 4 is 28.8 Å². The van der Waals surface area contributed by atoms with E-state index in [1.165, 1.54) is 4.57 Å². The number of nitrogens with two attached hydrogens (primary N) is 1. The van der Waals surface area contributed by atoms with Gasteiger partial charge in [-0.2, -0.15) is 0 Å². The molecule has 2 rings (SSSR count). The molecule has 0 aliphatic rings. The number of imidazole rings is 1. The Labute approximate surface area is 124 Å². The SMILES string of the molecule is CCCCn1c(SCC(N)=O)nc2c1c(=O)[nH]c(=O)n2C. The Hall–Kier alpha value is -2.03. The van der Waals surface area contributed by atoms with Crippen molar-refractivity contribution in [1.82, 2.24) is 19.1 Å². The van der Waals surface area contributed by atoms with Crippen LogP contribution in [0.4, 0.5) is 0 Å². The van der Waals surface area contributed by atoms with Gasteiger partial charge < -0.3 is 10.3 Å². The molecule has 0 unspecified atom stereocenters. The number of primary amides is 1. The van der Waals surface area contributed by atoms with E-state index >= 15 is 0 Å². The monoisotopic (exact) mass is 311 g/mol. The minimum atomic E-state index is -0.515. The molecule has 0 atom stereocenters. The van der Waals surface area contributed by atoms with Gasteiger partial charge in [0.25, 0.3) is 5.56 Å². The van der Waals surface area contributed by atoms with E-state index in [2.05, 4.69) is 9.97 Å². The molecule has 0 aliphatic carbocycles. The molecule has 0 aromatic carbocycles. The summed E-state index contributed by atoms with van der Waals surface area (Å²) in [5.74, 6) is -0.390. The standard InChI is InChI=1S/C12H17N5O3S/c1-3-4-5-17-8-9(14-12(17)21-6-7(13)18)16(2)11(20)15-10(8)19/h3-6H2,1-2H3,(H2,13,18)(H,15,19,20). The summed E-state index contributed by atoms with van der Waals surface area (Å²) in [5, 5.41) is 0.518. The van der Waals surface area contributed by atoms with Crippen molar-refractivity contribution in [1.29, 1.82) is 0 Å². The smallest absolute Gasteiger partial charge is 0.329 e. The highest BCUT2D eigenvalue weighted by Gasteiger charge is 2.17. The van der Waals surface area contributed by atoms with Gasteiger partial charge in [-0.3, -0.25) is 19.1 Å². The van der Waals surface area contributed by atoms with Crippen molar-refractivity contribution in [2.45, 2.75) is 31.5 Å². The molecule has 9 heteroatoms. The van der Waals surface area contributed by atoms with Gasteiger partial charge in [0.1, 0.15) is 0 Å². The van der Waals surface area contributed by atoms with E-state index in [-0.39, 0.29) is 5.75 Å². The number of hydrogen-bond acceptors (Lipinski definition) is 5. The minimum Gasteiger partial charge on any atom is -0.369 e. The number of unbranched alkanes of at least 4 members (excludes halogenated alkanes) is 1. The van der Waals surface area contributed by atoms with Crippen LogP contribution in [0.1, 0.15) is 19.8 Å². The molecule has 0 aliphatic heterocycles. The van der Waals surface area contributed by atoms with Crippen LogP contribution in [0.15, 0.2) is 14.7 Å². The zero-order valence-electron chi connectivity index (χ0n) is 11.9. The number of aryl methyl sites for hydroxylation is 2. The number of aromatic amines is 1. The summed E-state index contributed by atoms with van der Waals surface area (Å²) in [6.07, 6.45) is 1.81. The number of fused-ring (bicyclic) bond motifs is 1. The van der Waals surface area contributed by atoms with Crippen molar-refractivity contribution < 1.29 is 4.79 Å². The number of carbonyl (C=O) groups excluding carboxylic acids is 1. The fourth-order valence-corrected chi connectivity index (χ4v) is 2.74. The summed E-state index contributed by atoms with van der Waals surface area (Å²) in [6.45, 7) is 2.63. The Balaban J connectivity index is 2.63. The summed E-state index contributed by atoms with van der Waals surface area (Å²) in [6, 6.07) is 0. The molecule has 0 bridgehead atoms. The van der Waals surface area contributed by atoms with Gasteiger partial charge in [-0.25, -0.2) is 9.78 Å². The van der Waals surface area contributed by atoms with E-state index < -0.39 is 17.2 Å². The van der Waals surface area contributed by atoms with Gasteiger partial charge in [-0.15, -0.1) is 0 Å². The van der Waals surface area contributed by atoms with Gasteiger partial charge in [0.2, 0.25) is 5.91 Å². The number of thioether (sulfide) groups is 1. The number of H-pyrrole nitrogens is 1. The maximum absolute atomic E-state index is 12.1. The number of nitrogens with zero attached hydrogens (tertiary/aromatic N) is 3. The summed E-state index contributed by atoms with van der Waals surface area (Å²) < 4.78 is 3.03. The van der Waals surface area contributed by atoms with Crippen LogP contribution in [0.3, 0.4) is 0 Å². The largest absolute Gasteiger partial charge is 0.369 e. The van der Waals surface area contributed by atoms with Gasteiger partial charge in [0.05, 0.1) is 5.75 Å². The van der Waals surface area contributed by atoms with Gasteiger partial charge in [-0.1, -0.05) is 25.1 Å². The van der Waals surface area contributed by atoms with Crippen molar-refractivity contribution in [2.75, 3.05) is 5.75 Å². The highest BCUT2D eigenvalue weighted by Crippen LogP contribution is 2.21. The van der Waals surface area contributed by atoms with Crippen LogP contribution < -0.4 is 17.0 Å². The van der Waals surface area contributed by atoms with Crippen LogP contribution in [0.2, 0.25) is 0 Å². The summed E-state index contributed by atoms with van der Waals surface area (Å²) in [7, 11) is 1.54. The number of amides is 1. The zero-order chi connectivity index (χ0) is 15.6. The topological polar surface area (TPSA) is 116 Å². The highest BCUT2D eigenvalue weighted by atomic mass is 32.2. The molecule has 3 N–H and O–H groups in total. The Kier molecular flexibility index (Phi) is 4.51. The second-order valence-electron chi connectivity index (χ2n) is 4.65. The molecule has 114 valence electrons. The second-order valence-corrected chi connectivity index (χ2v) is 5.59. The molecule has 0 radical (unpaired) electrons. The van der Waals surface area contributed by atoms with E-state index in [0.717, 1.165) is 24.6 Å². The molecular formula is C12H17N5O3S. The third-order valence-corrected chi connectivity index (χ3v) is 4.05. The average molecular weight is 311 g/mol. The van der Waals surface area contributed by atoms with E-state index in [1.807, 2.05) is 6.92 Å². The second kappa shape index (κ2) is 6.17. The van der Waals surface area contributed by atoms with E-state index in [9.17, 15) is 14.4 Å². The lowest BCUT2D eigenvalue weighted by atomic mass is 10.3. The third-order valence-electron chi connectivity index (χ3n) is 3.05. The normalized spacial score (nSPS) is 11.1. The van der Waals surface area contributed by atoms with Crippen molar-refractivity contribution in [3.05, 3.63) is 20.8 Å². The lowest BCUT2D eigenvalue weighted by Gasteiger charge is -2.06. The van der Waals surface area contributed by atoms with Crippen LogP contribution >= 0.6 is 11.8 Å². The number of hydrogen-bond donors (Lipinski definition) is 2. The van der Waals surface area contributed by atoms with Crippen LogP contribution in [-0.2, 0) is 18.4 Å². The maximum Gasteiger partial charge on any atom is 0.329 e. The number of carbonyl (C=O) groups is 1. The molecule has 0 saturated carbocycles. The van der Waals surface area contributed by atoms with Gasteiger partial charge >= 0.3 is 5.69 Å². The molecule has 0 saturated heterocycles. The Morgan fingerprint density at radius 3 is 2.76 bits per heavy atom. The minimum absolute atomic E-state index is 0.0707. The van der Waals surface area contributed by atoms with Crippen LogP contribution in [0.5, 0.6) is 0 Å². The maximum atomic E-state index is 12.1. The van der Waals surface area contributed by atoms with E-state index in [4.69, 9.17) is 5.73 Å². The highest BCUT2D eigenvalue weighted by molar-refractivity contribution is 7.99. The van der Waals surface area contributed by atoms with E-state index in [1.54, 1.807) is 11.6 Å². The van der Waals surface area contributed by atoms with Gasteiger partial charge in [0.15, 0.2) is 16.3 Å². The first-order valence-corrected chi connectivity index (χ1v) is 7.55. The first-order chi connectivity index (χ1) is 9.95. The predicted octanol–water partition coefficient (Wildman–Crippen LogP) is -0.199. The third kappa shape index (κ3) is 3.02. The number of nitrogens with one attached hydrogen (secondary N) is 1. The quantitative estimate of drug-likeness (QED) is 0.717.